The molecule has 0 bridgehead atoms. The van der Waals surface area contributed by atoms with Crippen LogP contribution in [0.2, 0.25) is 5.02 Å². The molecule has 246 valence electrons. The van der Waals surface area contributed by atoms with E-state index in [4.69, 9.17) is 31.9 Å². The lowest BCUT2D eigenvalue weighted by Gasteiger charge is -2.18. The van der Waals surface area contributed by atoms with E-state index in [-0.39, 0.29) is 25.4 Å². The molecular formula is C33H45ClN4O7. The van der Waals surface area contributed by atoms with Crippen molar-refractivity contribution in [3.05, 3.63) is 77.1 Å². The van der Waals surface area contributed by atoms with Crippen LogP contribution in [-0.4, -0.2) is 66.2 Å². The molecule has 0 fully saturated rings. The predicted molar refractivity (Wildman–Crippen MR) is 175 cm³/mol. The van der Waals surface area contributed by atoms with Crippen molar-refractivity contribution < 1.29 is 33.8 Å². The molecule has 3 unspecified atom stereocenters. The van der Waals surface area contributed by atoms with Gasteiger partial charge in [0.2, 0.25) is 11.8 Å². The van der Waals surface area contributed by atoms with Gasteiger partial charge in [-0.3, -0.25) is 19.4 Å². The number of nitrogens with two attached hydrogens (primary N) is 1. The van der Waals surface area contributed by atoms with E-state index in [1.165, 1.54) is 6.08 Å². The maximum absolute atomic E-state index is 12.0. The molecule has 0 saturated carbocycles. The molecular weight excluding hydrogens is 600 g/mol. The Kier molecular flexibility index (Phi) is 18.5. The van der Waals surface area contributed by atoms with E-state index >= 15 is 0 Å². The van der Waals surface area contributed by atoms with Gasteiger partial charge in [0.25, 0.3) is 0 Å². The number of benzene rings is 1. The first-order chi connectivity index (χ1) is 21.3. The Labute approximate surface area is 270 Å². The molecule has 45 heavy (non-hydrogen) atoms. The zero-order valence-corrected chi connectivity index (χ0v) is 27.3. The number of carboxylic acids is 1. The standard InChI is InChI=1S/C25H36N4O6.C8H9ClO/c1-17(2)13-21(24(32)33)35-25(34)20(26)15-28-23(31)16-29-22(30)9-5-4-7-18(3)10-11-19-8-6-12-27-14-19;1-6-3-4-8(10-2)7(9)5-6/h5-6,8-12,14,17-18,20-21H,4,7,13,15-16,26H2,1-3H3,(H,28,31)(H,29,30)(H,32,33);3-5H,1-2H3/b9-5+,11-10+;. The molecule has 3 atom stereocenters. The number of carbonyl (C=O) groups excluding carboxylic acids is 3. The fraction of sp³-hybridized carbons (Fsp3) is 0.424. The van der Waals surface area contributed by atoms with Crippen LogP contribution in [0.5, 0.6) is 5.75 Å². The first-order valence-electron chi connectivity index (χ1n) is 14.6. The zero-order chi connectivity index (χ0) is 33.8. The van der Waals surface area contributed by atoms with Gasteiger partial charge < -0.3 is 30.9 Å². The summed E-state index contributed by atoms with van der Waals surface area (Å²) in [6.45, 7) is 7.14. The molecule has 1 aromatic heterocycles. The lowest BCUT2D eigenvalue weighted by molar-refractivity contribution is -0.165. The van der Waals surface area contributed by atoms with E-state index in [9.17, 15) is 19.2 Å². The predicted octanol–water partition coefficient (Wildman–Crippen LogP) is 4.33. The summed E-state index contributed by atoms with van der Waals surface area (Å²) in [5.74, 6) is -2.07. The lowest BCUT2D eigenvalue weighted by atomic mass is 10.0. The average Bonchev–Trinajstić information content (AvgIpc) is 3.00. The summed E-state index contributed by atoms with van der Waals surface area (Å²) in [7, 11) is 1.61. The Morgan fingerprint density at radius 2 is 1.87 bits per heavy atom. The summed E-state index contributed by atoms with van der Waals surface area (Å²) in [5.41, 5.74) is 7.84. The molecule has 0 aliphatic heterocycles. The van der Waals surface area contributed by atoms with Gasteiger partial charge in [-0.2, -0.15) is 0 Å². The van der Waals surface area contributed by atoms with Gasteiger partial charge in [0.05, 0.1) is 18.7 Å². The Morgan fingerprint density at radius 3 is 2.47 bits per heavy atom. The molecule has 11 nitrogen and oxygen atoms in total. The smallest absolute Gasteiger partial charge is 0.345 e. The number of pyridine rings is 1. The number of aliphatic carboxylic acids is 1. The van der Waals surface area contributed by atoms with E-state index in [0.29, 0.717) is 17.4 Å². The molecule has 0 aliphatic carbocycles. The number of nitrogens with one attached hydrogen (secondary N) is 2. The molecule has 0 spiro atoms. The molecule has 0 aliphatic rings. The molecule has 2 aromatic rings. The first-order valence-corrected chi connectivity index (χ1v) is 15.0. The lowest BCUT2D eigenvalue weighted by Crippen LogP contribution is -2.47. The van der Waals surface area contributed by atoms with E-state index in [0.717, 1.165) is 23.3 Å². The third-order valence-electron chi connectivity index (χ3n) is 6.13. The van der Waals surface area contributed by atoms with Crippen molar-refractivity contribution >= 4 is 41.4 Å². The number of carbonyl (C=O) groups is 4. The number of halogens is 1. The molecule has 5 N–H and O–H groups in total. The minimum atomic E-state index is -1.30. The van der Waals surface area contributed by atoms with Gasteiger partial charge in [-0.15, -0.1) is 0 Å². The Morgan fingerprint density at radius 1 is 1.13 bits per heavy atom. The maximum Gasteiger partial charge on any atom is 0.345 e. The van der Waals surface area contributed by atoms with Crippen molar-refractivity contribution in [3.63, 3.8) is 0 Å². The van der Waals surface area contributed by atoms with E-state index < -0.39 is 35.9 Å². The first kappa shape index (κ1) is 38.8. The van der Waals surface area contributed by atoms with Crippen LogP contribution in [0.4, 0.5) is 0 Å². The molecule has 2 rings (SSSR count). The number of rotatable bonds is 16. The normalized spacial score (nSPS) is 13.0. The van der Waals surface area contributed by atoms with Crippen molar-refractivity contribution in [2.45, 2.75) is 59.1 Å². The second-order valence-electron chi connectivity index (χ2n) is 10.8. The number of aryl methyl sites for hydroxylation is 1. The van der Waals surface area contributed by atoms with Crippen LogP contribution < -0.4 is 21.1 Å². The molecule has 0 saturated heterocycles. The summed E-state index contributed by atoms with van der Waals surface area (Å²) < 4.78 is 9.89. The summed E-state index contributed by atoms with van der Waals surface area (Å²) >= 11 is 5.80. The highest BCUT2D eigenvalue weighted by Crippen LogP contribution is 2.24. The number of nitrogens with zero attached hydrogens (tertiary/aromatic N) is 1. The van der Waals surface area contributed by atoms with Gasteiger partial charge in [-0.1, -0.05) is 62.7 Å². The second-order valence-corrected chi connectivity index (χ2v) is 11.2. The number of amides is 2. The highest BCUT2D eigenvalue weighted by Gasteiger charge is 2.26. The third kappa shape index (κ3) is 17.6. The highest BCUT2D eigenvalue weighted by molar-refractivity contribution is 6.32. The van der Waals surface area contributed by atoms with Crippen LogP contribution in [0.3, 0.4) is 0 Å². The van der Waals surface area contributed by atoms with Gasteiger partial charge >= 0.3 is 11.9 Å². The zero-order valence-electron chi connectivity index (χ0n) is 26.5. The summed E-state index contributed by atoms with van der Waals surface area (Å²) in [6, 6.07) is 8.32. The minimum absolute atomic E-state index is 0.00938. The van der Waals surface area contributed by atoms with Gasteiger partial charge in [0.1, 0.15) is 11.8 Å². The van der Waals surface area contributed by atoms with Crippen molar-refractivity contribution in [3.8, 4) is 5.75 Å². The van der Waals surface area contributed by atoms with Gasteiger partial charge in [0.15, 0.2) is 6.10 Å². The fourth-order valence-corrected chi connectivity index (χ4v) is 3.93. The minimum Gasteiger partial charge on any atom is -0.495 e. The van der Waals surface area contributed by atoms with Gasteiger partial charge in [-0.05, 0) is 73.4 Å². The van der Waals surface area contributed by atoms with Crippen molar-refractivity contribution in [1.29, 1.82) is 0 Å². The van der Waals surface area contributed by atoms with Crippen LogP contribution in [0.25, 0.3) is 6.08 Å². The second kappa shape index (κ2) is 21.5. The largest absolute Gasteiger partial charge is 0.495 e. The number of esters is 1. The molecule has 1 aromatic carbocycles. The quantitative estimate of drug-likeness (QED) is 0.153. The molecule has 12 heteroatoms. The van der Waals surface area contributed by atoms with Crippen molar-refractivity contribution in [1.82, 2.24) is 15.6 Å². The monoisotopic (exact) mass is 644 g/mol. The van der Waals surface area contributed by atoms with Gasteiger partial charge in [0, 0.05) is 18.9 Å². The number of hydrogen-bond acceptors (Lipinski definition) is 8. The SMILES string of the molecule is CC(C)CC(OC(=O)C(N)CNC(=O)CNC(=O)/C=C/CCC(C)/C=C/c1cccnc1)C(=O)O.COc1ccc(C)cc1Cl. The van der Waals surface area contributed by atoms with Crippen molar-refractivity contribution in [2.24, 2.45) is 17.6 Å². The van der Waals surface area contributed by atoms with Crippen LogP contribution in [-0.2, 0) is 23.9 Å². The highest BCUT2D eigenvalue weighted by atomic mass is 35.5. The number of allylic oxidation sites excluding steroid dienone is 2. The molecule has 0 radical (unpaired) electrons. The molecule has 2 amide bonds. The van der Waals surface area contributed by atoms with Crippen LogP contribution >= 0.6 is 11.6 Å². The van der Waals surface area contributed by atoms with Crippen LogP contribution in [0.15, 0.2) is 61.0 Å². The summed E-state index contributed by atoms with van der Waals surface area (Å²) in [6.07, 6.45) is 11.1. The third-order valence-corrected chi connectivity index (χ3v) is 6.43. The van der Waals surface area contributed by atoms with E-state index in [2.05, 4.69) is 28.6 Å². The van der Waals surface area contributed by atoms with E-state index in [1.807, 2.05) is 43.3 Å². The number of hydrogen-bond donors (Lipinski definition) is 4. The Balaban J connectivity index is 0.000000852. The molecule has 1 heterocycles. The maximum atomic E-state index is 12.0. The summed E-state index contributed by atoms with van der Waals surface area (Å²) in [4.78, 5) is 51.0. The van der Waals surface area contributed by atoms with E-state index in [1.54, 1.807) is 39.4 Å². The van der Waals surface area contributed by atoms with Crippen LogP contribution in [0.1, 0.15) is 51.2 Å². The van der Waals surface area contributed by atoms with Crippen molar-refractivity contribution in [2.75, 3.05) is 20.2 Å². The average molecular weight is 645 g/mol. The number of aromatic nitrogens is 1. The number of carboxylic acid groups (broad SMARTS) is 1. The Bertz CT molecular complexity index is 1290. The topological polar surface area (TPSA) is 170 Å². The number of ether oxygens (including phenoxy) is 2. The Hall–Kier alpha value is -4.22. The number of methoxy groups -OCH3 is 1. The van der Waals surface area contributed by atoms with Gasteiger partial charge in [-0.25, -0.2) is 4.79 Å². The van der Waals surface area contributed by atoms with Crippen LogP contribution in [0, 0.1) is 18.8 Å². The fourth-order valence-electron chi connectivity index (χ4n) is 3.62. The summed E-state index contributed by atoms with van der Waals surface area (Å²) in [5, 5.41) is 14.6.